The van der Waals surface area contributed by atoms with E-state index < -0.39 is 0 Å². The first-order valence-electron chi connectivity index (χ1n) is 11.5. The minimum atomic E-state index is -0.255. The van der Waals surface area contributed by atoms with Gasteiger partial charge in [-0.25, -0.2) is 0 Å². The number of anilines is 1. The van der Waals surface area contributed by atoms with E-state index in [-0.39, 0.29) is 11.9 Å². The predicted octanol–water partition coefficient (Wildman–Crippen LogP) is 5.14. The molecule has 0 fully saturated rings. The summed E-state index contributed by atoms with van der Waals surface area (Å²) < 4.78 is 0. The number of allylic oxidation sites excluding steroid dienone is 1. The fourth-order valence-electron chi connectivity index (χ4n) is 4.38. The number of aryl methyl sites for hydroxylation is 2. The van der Waals surface area contributed by atoms with Crippen LogP contribution in [0.15, 0.2) is 95.3 Å². The van der Waals surface area contributed by atoms with Crippen molar-refractivity contribution in [3.63, 3.8) is 0 Å². The summed E-state index contributed by atoms with van der Waals surface area (Å²) in [5, 5.41) is 14.4. The number of rotatable bonds is 6. The third-order valence-corrected chi connectivity index (χ3v) is 6.11. The van der Waals surface area contributed by atoms with Gasteiger partial charge in [-0.1, -0.05) is 54.1 Å². The summed E-state index contributed by atoms with van der Waals surface area (Å²) in [6.45, 7) is 4.02. The topological polar surface area (TPSA) is 82.2 Å². The molecule has 0 spiro atoms. The van der Waals surface area contributed by atoms with Gasteiger partial charge in [-0.05, 0) is 56.5 Å². The van der Waals surface area contributed by atoms with Gasteiger partial charge in [0.1, 0.15) is 5.84 Å². The number of hydrogen-bond donors (Lipinski definition) is 3. The van der Waals surface area contributed by atoms with Crippen molar-refractivity contribution in [2.75, 3.05) is 5.32 Å². The lowest BCUT2D eigenvalue weighted by Crippen LogP contribution is -2.37. The lowest BCUT2D eigenvalue weighted by atomic mass is 9.95. The molecule has 34 heavy (non-hydrogen) atoms. The van der Waals surface area contributed by atoms with Gasteiger partial charge in [0, 0.05) is 22.3 Å². The first-order valence-corrected chi connectivity index (χ1v) is 11.5. The van der Waals surface area contributed by atoms with Crippen LogP contribution in [0.3, 0.4) is 0 Å². The van der Waals surface area contributed by atoms with Crippen LogP contribution in [0.25, 0.3) is 10.9 Å². The molecule has 1 amide bonds. The highest BCUT2D eigenvalue weighted by Crippen LogP contribution is 2.25. The lowest BCUT2D eigenvalue weighted by Gasteiger charge is -2.27. The Balaban J connectivity index is 1.44. The first kappa shape index (κ1) is 21.6. The van der Waals surface area contributed by atoms with Gasteiger partial charge in [0.15, 0.2) is 0 Å². The standard InChI is InChI=1S/C28H27N5O/c1-18-7-6-10-21(15-18)27-30-19(2)26(25(32-27)13-11-20-8-4-3-5-9-20)28(34)31-23-12-14-24-22(16-23)17-29-33-24/h3-10,12,14-17,25H,11,13H2,1-2H3,(H,29,33)(H,30,32)(H,31,34). The van der Waals surface area contributed by atoms with Crippen molar-refractivity contribution >= 4 is 28.3 Å². The molecule has 3 aromatic carbocycles. The van der Waals surface area contributed by atoms with Crippen LogP contribution in [-0.2, 0) is 11.2 Å². The summed E-state index contributed by atoms with van der Waals surface area (Å²) in [5.41, 5.74) is 6.58. The number of amidine groups is 1. The molecule has 6 nitrogen and oxygen atoms in total. The molecule has 1 aromatic heterocycles. The number of nitrogens with zero attached hydrogens (tertiary/aromatic N) is 2. The zero-order valence-electron chi connectivity index (χ0n) is 19.3. The molecule has 6 heteroatoms. The van der Waals surface area contributed by atoms with Crippen LogP contribution in [-0.4, -0.2) is 28.0 Å². The molecule has 0 saturated carbocycles. The highest BCUT2D eigenvalue weighted by molar-refractivity contribution is 6.09. The second-order valence-corrected chi connectivity index (χ2v) is 8.68. The first-order chi connectivity index (χ1) is 16.6. The number of amides is 1. The van der Waals surface area contributed by atoms with E-state index in [1.807, 2.05) is 55.5 Å². The molecule has 1 unspecified atom stereocenters. The molecule has 1 aliphatic rings. The van der Waals surface area contributed by atoms with Crippen molar-refractivity contribution in [3.05, 3.63) is 107 Å². The number of carbonyl (C=O) groups excluding carboxylic acids is 1. The molecular weight excluding hydrogens is 422 g/mol. The summed E-state index contributed by atoms with van der Waals surface area (Å²) >= 11 is 0. The van der Waals surface area contributed by atoms with Crippen molar-refractivity contribution in [1.29, 1.82) is 0 Å². The number of aromatic amines is 1. The molecule has 170 valence electrons. The zero-order chi connectivity index (χ0) is 23.5. The molecule has 1 atom stereocenters. The third kappa shape index (κ3) is 4.62. The average molecular weight is 450 g/mol. The Morgan fingerprint density at radius 3 is 2.68 bits per heavy atom. The largest absolute Gasteiger partial charge is 0.343 e. The van der Waals surface area contributed by atoms with E-state index in [4.69, 9.17) is 4.99 Å². The number of aromatic nitrogens is 2. The summed E-state index contributed by atoms with van der Waals surface area (Å²) in [6, 6.07) is 24.0. The molecule has 5 rings (SSSR count). The summed E-state index contributed by atoms with van der Waals surface area (Å²) in [5.74, 6) is 0.661. The Kier molecular flexibility index (Phi) is 5.95. The maximum Gasteiger partial charge on any atom is 0.255 e. The quantitative estimate of drug-likeness (QED) is 0.381. The minimum Gasteiger partial charge on any atom is -0.343 e. The molecular formula is C28H27N5O. The van der Waals surface area contributed by atoms with Gasteiger partial charge in [0.2, 0.25) is 0 Å². The summed E-state index contributed by atoms with van der Waals surface area (Å²) in [4.78, 5) is 18.5. The molecule has 3 N–H and O–H groups in total. The van der Waals surface area contributed by atoms with Gasteiger partial charge in [-0.3, -0.25) is 14.9 Å². The molecule has 0 radical (unpaired) electrons. The van der Waals surface area contributed by atoms with Crippen molar-refractivity contribution in [3.8, 4) is 0 Å². The Bertz CT molecular complexity index is 1400. The second kappa shape index (κ2) is 9.35. The summed E-state index contributed by atoms with van der Waals surface area (Å²) in [6.07, 6.45) is 3.32. The van der Waals surface area contributed by atoms with Gasteiger partial charge >= 0.3 is 0 Å². The number of fused-ring (bicyclic) bond motifs is 1. The average Bonchev–Trinajstić information content (AvgIpc) is 3.31. The molecule has 0 saturated heterocycles. The molecule has 4 aromatic rings. The Morgan fingerprint density at radius 1 is 1.00 bits per heavy atom. The number of H-pyrrole nitrogens is 1. The summed E-state index contributed by atoms with van der Waals surface area (Å²) in [7, 11) is 0. The number of nitrogens with one attached hydrogen (secondary N) is 3. The number of benzene rings is 3. The van der Waals surface area contributed by atoms with E-state index in [1.165, 1.54) is 11.1 Å². The molecule has 0 aliphatic carbocycles. The van der Waals surface area contributed by atoms with Crippen LogP contribution in [0, 0.1) is 6.92 Å². The Hall–Kier alpha value is -4.19. The lowest BCUT2D eigenvalue weighted by molar-refractivity contribution is -0.113. The predicted molar refractivity (Wildman–Crippen MR) is 137 cm³/mol. The third-order valence-electron chi connectivity index (χ3n) is 6.11. The van der Waals surface area contributed by atoms with Crippen LogP contribution in [0.4, 0.5) is 5.69 Å². The highest BCUT2D eigenvalue weighted by Gasteiger charge is 2.28. The van der Waals surface area contributed by atoms with Crippen molar-refractivity contribution in [2.45, 2.75) is 32.7 Å². The normalized spacial score (nSPS) is 15.7. The van der Waals surface area contributed by atoms with Crippen LogP contribution in [0.1, 0.15) is 30.0 Å². The Morgan fingerprint density at radius 2 is 1.85 bits per heavy atom. The van der Waals surface area contributed by atoms with Crippen LogP contribution in [0.5, 0.6) is 0 Å². The van der Waals surface area contributed by atoms with Crippen molar-refractivity contribution in [2.24, 2.45) is 4.99 Å². The maximum atomic E-state index is 13.5. The van der Waals surface area contributed by atoms with Gasteiger partial charge in [-0.2, -0.15) is 5.10 Å². The smallest absolute Gasteiger partial charge is 0.255 e. The fourth-order valence-corrected chi connectivity index (χ4v) is 4.38. The monoisotopic (exact) mass is 449 g/mol. The van der Waals surface area contributed by atoms with E-state index >= 15 is 0 Å². The van der Waals surface area contributed by atoms with E-state index in [0.717, 1.165) is 46.5 Å². The molecule has 0 bridgehead atoms. The highest BCUT2D eigenvalue weighted by atomic mass is 16.1. The SMILES string of the molecule is CC1=C(C(=O)Nc2ccc3[nH]ncc3c2)C(CCc2ccccc2)N=C(c2cccc(C)c2)N1. The molecule has 2 heterocycles. The maximum absolute atomic E-state index is 13.5. The van der Waals surface area contributed by atoms with Crippen LogP contribution >= 0.6 is 0 Å². The van der Waals surface area contributed by atoms with Crippen molar-refractivity contribution in [1.82, 2.24) is 15.5 Å². The Labute approximate surface area is 198 Å². The number of aliphatic imine (C=N–C) groups is 1. The fraction of sp³-hybridized carbons (Fsp3) is 0.179. The number of hydrogen-bond acceptors (Lipinski definition) is 4. The number of carbonyl (C=O) groups is 1. The molecule has 1 aliphatic heterocycles. The van der Waals surface area contributed by atoms with Gasteiger partial charge < -0.3 is 10.6 Å². The van der Waals surface area contributed by atoms with E-state index in [2.05, 4.69) is 52.0 Å². The van der Waals surface area contributed by atoms with Crippen LogP contribution in [0.2, 0.25) is 0 Å². The van der Waals surface area contributed by atoms with Crippen molar-refractivity contribution < 1.29 is 4.79 Å². The minimum absolute atomic E-state index is 0.141. The van der Waals surface area contributed by atoms with E-state index in [9.17, 15) is 4.79 Å². The van der Waals surface area contributed by atoms with Gasteiger partial charge in [-0.15, -0.1) is 0 Å². The van der Waals surface area contributed by atoms with E-state index in [0.29, 0.717) is 5.57 Å². The van der Waals surface area contributed by atoms with E-state index in [1.54, 1.807) is 6.20 Å². The van der Waals surface area contributed by atoms with Crippen LogP contribution < -0.4 is 10.6 Å². The van der Waals surface area contributed by atoms with Gasteiger partial charge in [0.05, 0.1) is 23.3 Å². The zero-order valence-corrected chi connectivity index (χ0v) is 19.3. The second-order valence-electron chi connectivity index (χ2n) is 8.68. The van der Waals surface area contributed by atoms with Gasteiger partial charge in [0.25, 0.3) is 5.91 Å².